The number of benzene rings is 1. The fraction of sp³-hybridized carbons (Fsp3) is 0.0769. The zero-order chi connectivity index (χ0) is 17.7. The lowest BCUT2D eigenvalue weighted by Gasteiger charge is -2.10. The Morgan fingerprint density at radius 3 is 2.17 bits per heavy atom. The van der Waals surface area contributed by atoms with E-state index >= 15 is 0 Å². The van der Waals surface area contributed by atoms with Crippen molar-refractivity contribution in [2.45, 2.75) is 6.36 Å². The molecule has 2 amide bonds. The fourth-order valence-electron chi connectivity index (χ4n) is 1.58. The first-order valence-corrected chi connectivity index (χ1v) is 6.29. The minimum Gasteiger partial charge on any atom is -0.406 e. The number of hydrazine groups is 1. The van der Waals surface area contributed by atoms with Crippen LogP contribution in [0.2, 0.25) is 0 Å². The van der Waals surface area contributed by atoms with E-state index in [0.717, 1.165) is 24.3 Å². The Morgan fingerprint density at radius 2 is 1.58 bits per heavy atom. The molecule has 0 aliphatic heterocycles. The van der Waals surface area contributed by atoms with Crippen LogP contribution in [0.25, 0.3) is 0 Å². The molecule has 0 aliphatic carbocycles. The standard InChI is InChI=1S/C13H10F3N5O3/c14-13(15,16)24-8-3-1-7(2-4-8)11(22)20-21-12(23)9-10(17)19-6-5-18-9/h1-6H,(H2,17,19)(H,20,22)(H,21,23). The molecule has 4 N–H and O–H groups in total. The van der Waals surface area contributed by atoms with Crippen molar-refractivity contribution in [1.29, 1.82) is 0 Å². The molecule has 24 heavy (non-hydrogen) atoms. The molecule has 2 rings (SSSR count). The summed E-state index contributed by atoms with van der Waals surface area (Å²) in [7, 11) is 0. The van der Waals surface area contributed by atoms with Crippen molar-refractivity contribution in [3.05, 3.63) is 47.9 Å². The van der Waals surface area contributed by atoms with E-state index in [1.165, 1.54) is 12.4 Å². The van der Waals surface area contributed by atoms with Gasteiger partial charge in [0.2, 0.25) is 0 Å². The highest BCUT2D eigenvalue weighted by molar-refractivity contribution is 6.00. The molecule has 0 aliphatic rings. The summed E-state index contributed by atoms with van der Waals surface area (Å²) < 4.78 is 39.8. The van der Waals surface area contributed by atoms with Gasteiger partial charge in [0.05, 0.1) is 0 Å². The van der Waals surface area contributed by atoms with E-state index in [1.807, 2.05) is 0 Å². The van der Waals surface area contributed by atoms with E-state index in [-0.39, 0.29) is 17.1 Å². The largest absolute Gasteiger partial charge is 0.573 e. The normalized spacial score (nSPS) is 10.8. The molecular formula is C13H10F3N5O3. The van der Waals surface area contributed by atoms with Crippen LogP contribution in [0.15, 0.2) is 36.7 Å². The molecule has 1 aromatic heterocycles. The number of rotatable bonds is 3. The average molecular weight is 341 g/mol. The first-order chi connectivity index (χ1) is 11.3. The molecule has 0 bridgehead atoms. The number of ether oxygens (including phenoxy) is 1. The van der Waals surface area contributed by atoms with Gasteiger partial charge in [0.25, 0.3) is 11.8 Å². The number of nitrogens with two attached hydrogens (primary N) is 1. The maximum Gasteiger partial charge on any atom is 0.573 e. The number of aromatic nitrogens is 2. The molecule has 2 aromatic rings. The van der Waals surface area contributed by atoms with Gasteiger partial charge in [-0.25, -0.2) is 9.97 Å². The zero-order valence-corrected chi connectivity index (χ0v) is 11.8. The number of hydrogen-bond donors (Lipinski definition) is 3. The molecule has 8 nitrogen and oxygen atoms in total. The van der Waals surface area contributed by atoms with Crippen LogP contribution in [0.1, 0.15) is 20.8 Å². The summed E-state index contributed by atoms with van der Waals surface area (Å²) >= 11 is 0. The fourth-order valence-corrected chi connectivity index (χ4v) is 1.58. The zero-order valence-electron chi connectivity index (χ0n) is 11.8. The molecule has 0 atom stereocenters. The van der Waals surface area contributed by atoms with Crippen LogP contribution in [0.5, 0.6) is 5.75 Å². The van der Waals surface area contributed by atoms with Gasteiger partial charge in [-0.05, 0) is 24.3 Å². The Balaban J connectivity index is 1.95. The topological polar surface area (TPSA) is 119 Å². The minimum absolute atomic E-state index is 0.00283. The number of hydrogen-bond acceptors (Lipinski definition) is 6. The van der Waals surface area contributed by atoms with Gasteiger partial charge in [0, 0.05) is 18.0 Å². The summed E-state index contributed by atoms with van der Waals surface area (Å²) in [5.74, 6) is -2.16. The predicted octanol–water partition coefficient (Wildman–Crippen LogP) is 1.03. The molecule has 0 spiro atoms. The van der Waals surface area contributed by atoms with Crippen LogP contribution in [0, 0.1) is 0 Å². The van der Waals surface area contributed by atoms with Crippen molar-refractivity contribution in [1.82, 2.24) is 20.8 Å². The minimum atomic E-state index is -4.82. The van der Waals surface area contributed by atoms with Gasteiger partial charge < -0.3 is 10.5 Å². The monoisotopic (exact) mass is 341 g/mol. The highest BCUT2D eigenvalue weighted by Gasteiger charge is 2.31. The second kappa shape index (κ2) is 6.81. The van der Waals surface area contributed by atoms with Crippen LogP contribution in [0.4, 0.5) is 19.0 Å². The van der Waals surface area contributed by atoms with Gasteiger partial charge in [-0.3, -0.25) is 20.4 Å². The van der Waals surface area contributed by atoms with Crippen LogP contribution >= 0.6 is 0 Å². The molecular weight excluding hydrogens is 331 g/mol. The third-order valence-corrected chi connectivity index (χ3v) is 2.58. The van der Waals surface area contributed by atoms with Crippen LogP contribution in [-0.4, -0.2) is 28.1 Å². The summed E-state index contributed by atoms with van der Waals surface area (Å²) in [6.45, 7) is 0. The summed E-state index contributed by atoms with van der Waals surface area (Å²) in [5.41, 5.74) is 9.39. The third kappa shape index (κ3) is 4.56. The Kier molecular flexibility index (Phi) is 4.82. The number of amides is 2. The summed E-state index contributed by atoms with van der Waals surface area (Å²) in [5, 5.41) is 0. The number of nitrogens with zero attached hydrogens (tertiary/aromatic N) is 2. The van der Waals surface area contributed by atoms with E-state index in [2.05, 4.69) is 25.6 Å². The predicted molar refractivity (Wildman–Crippen MR) is 74.5 cm³/mol. The molecule has 126 valence electrons. The number of halogens is 3. The summed E-state index contributed by atoms with van der Waals surface area (Å²) in [6, 6.07) is 4.12. The van der Waals surface area contributed by atoms with Gasteiger partial charge in [-0.1, -0.05) is 0 Å². The number of anilines is 1. The smallest absolute Gasteiger partial charge is 0.406 e. The molecule has 1 aromatic carbocycles. The van der Waals surface area contributed by atoms with Gasteiger partial charge in [0.15, 0.2) is 11.5 Å². The molecule has 0 radical (unpaired) electrons. The van der Waals surface area contributed by atoms with Crippen molar-refractivity contribution in [2.24, 2.45) is 0 Å². The summed E-state index contributed by atoms with van der Waals surface area (Å²) in [6.07, 6.45) is -2.30. The number of nitrogens with one attached hydrogen (secondary N) is 2. The lowest BCUT2D eigenvalue weighted by molar-refractivity contribution is -0.274. The molecule has 11 heteroatoms. The van der Waals surface area contributed by atoms with E-state index < -0.39 is 23.9 Å². The highest BCUT2D eigenvalue weighted by atomic mass is 19.4. The Morgan fingerprint density at radius 1 is 1.00 bits per heavy atom. The Bertz CT molecular complexity index is 749. The first kappa shape index (κ1) is 17.0. The van der Waals surface area contributed by atoms with Gasteiger partial charge in [-0.2, -0.15) is 0 Å². The molecule has 0 saturated heterocycles. The number of alkyl halides is 3. The second-order valence-electron chi connectivity index (χ2n) is 4.27. The second-order valence-corrected chi connectivity index (χ2v) is 4.27. The van der Waals surface area contributed by atoms with Crippen molar-refractivity contribution >= 4 is 17.6 Å². The number of carbonyl (C=O) groups excluding carboxylic acids is 2. The highest BCUT2D eigenvalue weighted by Crippen LogP contribution is 2.22. The van der Waals surface area contributed by atoms with E-state index in [0.29, 0.717) is 0 Å². The van der Waals surface area contributed by atoms with Gasteiger partial charge in [0.1, 0.15) is 5.75 Å². The lowest BCUT2D eigenvalue weighted by Crippen LogP contribution is -2.42. The average Bonchev–Trinajstić information content (AvgIpc) is 2.52. The van der Waals surface area contributed by atoms with Gasteiger partial charge >= 0.3 is 6.36 Å². The van der Waals surface area contributed by atoms with E-state index in [1.54, 1.807) is 0 Å². The maximum absolute atomic E-state index is 12.0. The van der Waals surface area contributed by atoms with Crippen LogP contribution < -0.4 is 21.3 Å². The maximum atomic E-state index is 12.0. The summed E-state index contributed by atoms with van der Waals surface area (Å²) in [4.78, 5) is 30.9. The van der Waals surface area contributed by atoms with E-state index in [9.17, 15) is 22.8 Å². The third-order valence-electron chi connectivity index (χ3n) is 2.58. The van der Waals surface area contributed by atoms with Crippen molar-refractivity contribution < 1.29 is 27.5 Å². The van der Waals surface area contributed by atoms with Crippen molar-refractivity contribution in [2.75, 3.05) is 5.73 Å². The number of carbonyl (C=O) groups is 2. The number of nitrogen functional groups attached to an aromatic ring is 1. The molecule has 0 unspecified atom stereocenters. The van der Waals surface area contributed by atoms with E-state index in [4.69, 9.17) is 5.73 Å². The van der Waals surface area contributed by atoms with Crippen LogP contribution in [-0.2, 0) is 0 Å². The van der Waals surface area contributed by atoms with Gasteiger partial charge in [-0.15, -0.1) is 13.2 Å². The van der Waals surface area contributed by atoms with Crippen molar-refractivity contribution in [3.8, 4) is 5.75 Å². The SMILES string of the molecule is Nc1nccnc1C(=O)NNC(=O)c1ccc(OC(F)(F)F)cc1. The lowest BCUT2D eigenvalue weighted by atomic mass is 10.2. The first-order valence-electron chi connectivity index (χ1n) is 6.29. The quantitative estimate of drug-likeness (QED) is 0.718. The molecule has 0 fully saturated rings. The Labute approximate surface area is 132 Å². The molecule has 1 heterocycles. The molecule has 0 saturated carbocycles. The van der Waals surface area contributed by atoms with Crippen molar-refractivity contribution in [3.63, 3.8) is 0 Å². The van der Waals surface area contributed by atoms with Crippen LogP contribution in [0.3, 0.4) is 0 Å². The Hall–Kier alpha value is -3.37.